The van der Waals surface area contributed by atoms with Gasteiger partial charge in [0, 0.05) is 20.1 Å². The summed E-state index contributed by atoms with van der Waals surface area (Å²) in [4.78, 5) is 18.2. The Bertz CT molecular complexity index is 1460. The normalized spacial score (nSPS) is 20.4. The van der Waals surface area contributed by atoms with Gasteiger partial charge in [-0.3, -0.25) is 4.79 Å². The first-order valence-corrected chi connectivity index (χ1v) is 14.1. The van der Waals surface area contributed by atoms with Gasteiger partial charge >= 0.3 is 0 Å². The van der Waals surface area contributed by atoms with Crippen LogP contribution < -0.4 is 14.8 Å². The third kappa shape index (κ3) is 4.46. The average Bonchev–Trinajstić information content (AvgIpc) is 3.59. The van der Waals surface area contributed by atoms with Crippen molar-refractivity contribution < 1.29 is 24.1 Å². The van der Waals surface area contributed by atoms with Crippen LogP contribution in [0.25, 0.3) is 11.3 Å². The van der Waals surface area contributed by atoms with Crippen molar-refractivity contribution in [3.05, 3.63) is 66.2 Å². The summed E-state index contributed by atoms with van der Waals surface area (Å²) in [5.74, 6) is 2.07. The van der Waals surface area contributed by atoms with Gasteiger partial charge in [-0.2, -0.15) is 4.31 Å². The standard InChI is InChI=1S/C28H29N3O5S.H2/c1-19-4-3-15-31(17-19)37(33,34)22-10-7-20(8-11-22)23-5-2-6-26(29-23)30-27(32)28(13-14-28)21-9-12-24-25(16-21)36-18-35-24;/h2,5-12,16,19H,3-4,13-15,17-18H2,1H3,(H,29,30,32);1H. The Kier molecular flexibility index (Phi) is 5.92. The molecule has 2 fully saturated rings. The molecular formula is C28H31N3O5S. The molecule has 1 amide bonds. The number of hydrogen-bond donors (Lipinski definition) is 1. The summed E-state index contributed by atoms with van der Waals surface area (Å²) in [5, 5.41) is 2.98. The van der Waals surface area contributed by atoms with Crippen LogP contribution in [-0.2, 0) is 20.2 Å². The summed E-state index contributed by atoms with van der Waals surface area (Å²) < 4.78 is 38.6. The lowest BCUT2D eigenvalue weighted by Crippen LogP contribution is -2.39. The molecule has 1 atom stereocenters. The van der Waals surface area contributed by atoms with Crippen LogP contribution in [0.1, 0.15) is 39.6 Å². The Morgan fingerprint density at radius 2 is 1.86 bits per heavy atom. The number of benzene rings is 2. The van der Waals surface area contributed by atoms with E-state index in [1.807, 2.05) is 30.3 Å². The SMILES string of the molecule is CC1CCCN(S(=O)(=O)c2ccc(-c3cccc(NC(=O)C4(c5ccc6c(c5)OCO6)CC4)n3)cc2)C1.[HH]. The van der Waals surface area contributed by atoms with Crippen LogP contribution in [0.3, 0.4) is 0 Å². The molecule has 194 valence electrons. The van der Waals surface area contributed by atoms with E-state index in [9.17, 15) is 13.2 Å². The van der Waals surface area contributed by atoms with Gasteiger partial charge in [-0.1, -0.05) is 31.2 Å². The third-order valence-electron chi connectivity index (χ3n) is 7.51. The van der Waals surface area contributed by atoms with E-state index >= 15 is 0 Å². The Morgan fingerprint density at radius 1 is 1.08 bits per heavy atom. The Morgan fingerprint density at radius 3 is 2.62 bits per heavy atom. The van der Waals surface area contributed by atoms with E-state index in [0.717, 1.165) is 36.8 Å². The maximum atomic E-state index is 13.3. The number of sulfonamides is 1. The quantitative estimate of drug-likeness (QED) is 0.500. The fourth-order valence-corrected chi connectivity index (χ4v) is 6.78. The predicted molar refractivity (Wildman–Crippen MR) is 141 cm³/mol. The van der Waals surface area contributed by atoms with E-state index in [4.69, 9.17) is 9.47 Å². The number of ether oxygens (including phenoxy) is 2. The highest BCUT2D eigenvalue weighted by Crippen LogP contribution is 2.51. The number of nitrogens with one attached hydrogen (secondary N) is 1. The van der Waals surface area contributed by atoms with E-state index in [2.05, 4.69) is 17.2 Å². The first kappa shape index (κ1) is 23.9. The van der Waals surface area contributed by atoms with Crippen molar-refractivity contribution in [1.82, 2.24) is 9.29 Å². The van der Waals surface area contributed by atoms with E-state index in [1.54, 1.807) is 34.6 Å². The van der Waals surface area contributed by atoms with Crippen LogP contribution in [0, 0.1) is 5.92 Å². The number of fused-ring (bicyclic) bond motifs is 1. The lowest BCUT2D eigenvalue weighted by atomic mass is 9.94. The minimum Gasteiger partial charge on any atom is -0.454 e. The van der Waals surface area contributed by atoms with Gasteiger partial charge in [0.1, 0.15) is 5.82 Å². The minimum absolute atomic E-state index is 0. The molecule has 1 saturated heterocycles. The van der Waals surface area contributed by atoms with Crippen LogP contribution in [0.2, 0.25) is 0 Å². The van der Waals surface area contributed by atoms with E-state index in [-0.39, 0.29) is 19.0 Å². The second-order valence-corrected chi connectivity index (χ2v) is 12.1. The Hall–Kier alpha value is -3.43. The second kappa shape index (κ2) is 9.15. The molecule has 1 unspecified atom stereocenters. The van der Waals surface area contributed by atoms with Crippen molar-refractivity contribution in [1.29, 1.82) is 0 Å². The number of anilines is 1. The molecule has 8 nitrogen and oxygen atoms in total. The maximum absolute atomic E-state index is 13.3. The lowest BCUT2D eigenvalue weighted by Gasteiger charge is -2.30. The predicted octanol–water partition coefficient (Wildman–Crippen LogP) is 4.81. The molecule has 0 bridgehead atoms. The molecule has 2 aliphatic heterocycles. The summed E-state index contributed by atoms with van der Waals surface area (Å²) in [6.07, 6.45) is 3.45. The smallest absolute Gasteiger partial charge is 0.243 e. The van der Waals surface area contributed by atoms with Crippen LogP contribution in [0.5, 0.6) is 11.5 Å². The van der Waals surface area contributed by atoms with Crippen molar-refractivity contribution in [3.8, 4) is 22.8 Å². The highest BCUT2D eigenvalue weighted by atomic mass is 32.2. The summed E-state index contributed by atoms with van der Waals surface area (Å²) in [6.45, 7) is 3.40. The molecule has 37 heavy (non-hydrogen) atoms. The number of aromatic nitrogens is 1. The molecule has 1 N–H and O–H groups in total. The molecule has 1 saturated carbocycles. The lowest BCUT2D eigenvalue weighted by molar-refractivity contribution is -0.118. The zero-order chi connectivity index (χ0) is 25.6. The number of carbonyl (C=O) groups is 1. The summed E-state index contributed by atoms with van der Waals surface area (Å²) in [5.41, 5.74) is 1.74. The van der Waals surface area contributed by atoms with Crippen molar-refractivity contribution in [3.63, 3.8) is 0 Å². The van der Waals surface area contributed by atoms with Crippen molar-refractivity contribution in [2.45, 2.75) is 42.9 Å². The largest absolute Gasteiger partial charge is 0.454 e. The fraction of sp³-hybridized carbons (Fsp3) is 0.357. The number of pyridine rings is 1. The summed E-state index contributed by atoms with van der Waals surface area (Å²) in [6, 6.07) is 17.9. The molecule has 3 heterocycles. The molecule has 3 aliphatic rings. The number of carbonyl (C=O) groups excluding carboxylic acids is 1. The van der Waals surface area contributed by atoms with Gasteiger partial charge in [0.2, 0.25) is 22.7 Å². The number of rotatable bonds is 6. The summed E-state index contributed by atoms with van der Waals surface area (Å²) >= 11 is 0. The first-order chi connectivity index (χ1) is 17.8. The fourth-order valence-electron chi connectivity index (χ4n) is 5.18. The monoisotopic (exact) mass is 521 g/mol. The van der Waals surface area contributed by atoms with E-state index < -0.39 is 15.4 Å². The number of amides is 1. The molecule has 0 spiro atoms. The number of piperidine rings is 1. The van der Waals surface area contributed by atoms with Crippen molar-refractivity contribution >= 4 is 21.7 Å². The molecule has 9 heteroatoms. The second-order valence-electron chi connectivity index (χ2n) is 10.1. The van der Waals surface area contributed by atoms with Crippen molar-refractivity contribution in [2.24, 2.45) is 5.92 Å². The van der Waals surface area contributed by atoms with Crippen LogP contribution in [-0.4, -0.2) is 43.5 Å². The highest BCUT2D eigenvalue weighted by Gasteiger charge is 2.51. The zero-order valence-corrected chi connectivity index (χ0v) is 21.5. The van der Waals surface area contributed by atoms with Gasteiger partial charge in [0.05, 0.1) is 16.0 Å². The molecule has 1 aromatic heterocycles. The average molecular weight is 522 g/mol. The van der Waals surface area contributed by atoms with E-state index in [0.29, 0.717) is 42.0 Å². The van der Waals surface area contributed by atoms with Gasteiger partial charge in [-0.25, -0.2) is 13.4 Å². The first-order valence-electron chi connectivity index (χ1n) is 12.6. The van der Waals surface area contributed by atoms with Gasteiger partial charge in [0.25, 0.3) is 0 Å². The van der Waals surface area contributed by atoms with Gasteiger partial charge in [-0.15, -0.1) is 0 Å². The molecular weight excluding hydrogens is 490 g/mol. The topological polar surface area (TPSA) is 97.8 Å². The van der Waals surface area contributed by atoms with Crippen LogP contribution in [0.15, 0.2) is 65.6 Å². The molecule has 1 aliphatic carbocycles. The van der Waals surface area contributed by atoms with Crippen LogP contribution in [0.4, 0.5) is 5.82 Å². The van der Waals surface area contributed by atoms with Crippen molar-refractivity contribution in [2.75, 3.05) is 25.2 Å². The Balaban J connectivity index is 0.00000294. The number of nitrogens with zero attached hydrogens (tertiary/aromatic N) is 2. The Labute approximate surface area is 218 Å². The molecule has 3 aromatic rings. The number of hydrogen-bond acceptors (Lipinski definition) is 6. The van der Waals surface area contributed by atoms with Gasteiger partial charge < -0.3 is 14.8 Å². The maximum Gasteiger partial charge on any atom is 0.243 e. The van der Waals surface area contributed by atoms with Gasteiger partial charge in [-0.05, 0) is 73.6 Å². The molecule has 0 radical (unpaired) electrons. The molecule has 2 aromatic carbocycles. The van der Waals surface area contributed by atoms with Crippen LogP contribution >= 0.6 is 0 Å². The highest BCUT2D eigenvalue weighted by molar-refractivity contribution is 7.89. The minimum atomic E-state index is -3.52. The zero-order valence-electron chi connectivity index (χ0n) is 20.6. The molecule has 6 rings (SSSR count). The third-order valence-corrected chi connectivity index (χ3v) is 9.39. The van der Waals surface area contributed by atoms with E-state index in [1.165, 1.54) is 0 Å². The summed E-state index contributed by atoms with van der Waals surface area (Å²) in [7, 11) is -3.52. The van der Waals surface area contributed by atoms with Gasteiger partial charge in [0.15, 0.2) is 11.5 Å².